The molecule has 0 aromatic carbocycles. The van der Waals surface area contributed by atoms with Gasteiger partial charge in [0, 0.05) is 19.8 Å². The molecule has 0 bridgehead atoms. The first kappa shape index (κ1) is 17.1. The highest BCUT2D eigenvalue weighted by molar-refractivity contribution is 6.71. The van der Waals surface area contributed by atoms with E-state index in [0.717, 1.165) is 12.7 Å². The first-order valence-corrected chi connectivity index (χ1v) is 13.1. The molecule has 1 aliphatic rings. The van der Waals surface area contributed by atoms with Crippen LogP contribution in [0.15, 0.2) is 12.7 Å². The molecule has 1 fully saturated rings. The minimum atomic E-state index is -1.64. The Morgan fingerprint density at radius 2 is 2.21 bits per heavy atom. The monoisotopic (exact) mass is 303 g/mol. The van der Waals surface area contributed by atoms with Gasteiger partial charge in [-0.3, -0.25) is 4.90 Å². The molecular weight excluding hydrogens is 274 g/mol. The van der Waals surface area contributed by atoms with E-state index in [2.05, 4.69) is 37.7 Å². The molecule has 4 nitrogen and oxygen atoms in total. The Balaban J connectivity index is 2.64. The van der Waals surface area contributed by atoms with E-state index in [0.29, 0.717) is 19.1 Å². The fourth-order valence-electron chi connectivity index (χ4n) is 2.75. The van der Waals surface area contributed by atoms with Crippen LogP contribution >= 0.6 is 0 Å². The quantitative estimate of drug-likeness (QED) is 0.406. The van der Waals surface area contributed by atoms with Crippen molar-refractivity contribution in [2.24, 2.45) is 0 Å². The summed E-state index contributed by atoms with van der Waals surface area (Å²) in [6.07, 6.45) is 3.00. The van der Waals surface area contributed by atoms with Crippen LogP contribution in [0.25, 0.3) is 0 Å². The van der Waals surface area contributed by atoms with Gasteiger partial charge in [-0.15, -0.1) is 6.58 Å². The van der Waals surface area contributed by atoms with E-state index < -0.39 is 17.1 Å². The zero-order valence-corrected chi connectivity index (χ0v) is 15.2. The lowest BCUT2D eigenvalue weighted by Gasteiger charge is -2.45. The highest BCUT2D eigenvalue weighted by Gasteiger charge is 2.39. The largest absolute Gasteiger partial charge is 0.410 e. The average Bonchev–Trinajstić information content (AvgIpc) is 2.27. The van der Waals surface area contributed by atoms with Gasteiger partial charge < -0.3 is 13.9 Å². The van der Waals surface area contributed by atoms with Crippen molar-refractivity contribution in [2.45, 2.75) is 38.1 Å². The van der Waals surface area contributed by atoms with Crippen LogP contribution < -0.4 is 0 Å². The molecule has 0 spiro atoms. The predicted molar refractivity (Wildman–Crippen MR) is 84.6 cm³/mol. The van der Waals surface area contributed by atoms with Crippen LogP contribution in [-0.4, -0.2) is 67.0 Å². The second-order valence-electron chi connectivity index (χ2n) is 6.13. The molecule has 1 heterocycles. The maximum Gasteiger partial charge on any atom is 0.201 e. The fourth-order valence-corrected chi connectivity index (χ4v) is 6.98. The molecule has 0 radical (unpaired) electrons. The van der Waals surface area contributed by atoms with E-state index in [1.54, 1.807) is 6.08 Å². The van der Waals surface area contributed by atoms with Crippen molar-refractivity contribution in [3.05, 3.63) is 12.7 Å². The van der Waals surface area contributed by atoms with Gasteiger partial charge in [-0.25, -0.2) is 0 Å². The van der Waals surface area contributed by atoms with E-state index in [-0.39, 0.29) is 6.10 Å². The normalized spacial score (nSPS) is 25.5. The Hall–Kier alpha value is 0.0138. The number of hydrogen-bond acceptors (Lipinski definition) is 4. The lowest BCUT2D eigenvalue weighted by molar-refractivity contribution is -0.0352. The van der Waals surface area contributed by atoms with Crippen molar-refractivity contribution in [1.82, 2.24) is 4.90 Å². The van der Waals surface area contributed by atoms with Crippen molar-refractivity contribution >= 4 is 17.1 Å². The molecule has 1 rings (SSSR count). The van der Waals surface area contributed by atoms with Crippen LogP contribution in [0.2, 0.25) is 26.2 Å². The minimum absolute atomic E-state index is 0.167. The lowest BCUT2D eigenvalue weighted by atomic mass is 10.3. The zero-order valence-electron chi connectivity index (χ0n) is 13.0. The van der Waals surface area contributed by atoms with Crippen LogP contribution in [0, 0.1) is 0 Å². The molecule has 19 heavy (non-hydrogen) atoms. The van der Waals surface area contributed by atoms with E-state index >= 15 is 0 Å². The topological polar surface area (TPSA) is 30.9 Å². The Bertz CT molecular complexity index is 287. The Morgan fingerprint density at radius 3 is 2.74 bits per heavy atom. The van der Waals surface area contributed by atoms with Crippen molar-refractivity contribution in [2.75, 3.05) is 33.0 Å². The second kappa shape index (κ2) is 7.71. The molecule has 0 aromatic heterocycles. The molecule has 6 heteroatoms. The molecule has 0 amide bonds. The van der Waals surface area contributed by atoms with Gasteiger partial charge in [0.25, 0.3) is 0 Å². The third-order valence-corrected chi connectivity index (χ3v) is 7.19. The summed E-state index contributed by atoms with van der Waals surface area (Å²) in [5.41, 5.74) is 0. The van der Waals surface area contributed by atoms with Gasteiger partial charge in [-0.05, 0) is 13.1 Å². The Morgan fingerprint density at radius 1 is 1.53 bits per heavy atom. The predicted octanol–water partition coefficient (Wildman–Crippen LogP) is 1.63. The van der Waals surface area contributed by atoms with Crippen molar-refractivity contribution in [3.8, 4) is 0 Å². The molecule has 2 atom stereocenters. The SMILES string of the molecule is C=CCOCC1CN(C(OC)[SiH](C)C)C[Si](C)(C)O1. The summed E-state index contributed by atoms with van der Waals surface area (Å²) in [5.74, 6) is 0.303. The molecule has 112 valence electrons. The summed E-state index contributed by atoms with van der Waals surface area (Å²) in [7, 11) is -0.679. The Labute approximate surface area is 120 Å². The number of hydrogen-bond donors (Lipinski definition) is 0. The molecule has 0 aromatic rings. The van der Waals surface area contributed by atoms with Crippen LogP contribution in [0.1, 0.15) is 0 Å². The standard InChI is InChI=1S/C13H29NO3Si2/c1-7-8-16-10-12-9-14(11-19(5,6)17-12)13(15-2)18(3)4/h7,12-13,18H,1,8-11H2,2-6H3. The first-order valence-electron chi connectivity index (χ1n) is 7.03. The van der Waals surface area contributed by atoms with Gasteiger partial charge in [0.1, 0.15) is 0 Å². The van der Waals surface area contributed by atoms with Crippen molar-refractivity contribution in [3.63, 3.8) is 0 Å². The summed E-state index contributed by atoms with van der Waals surface area (Å²) in [5, 5.41) is 0. The van der Waals surface area contributed by atoms with Crippen LogP contribution in [0.4, 0.5) is 0 Å². The second-order valence-corrected chi connectivity index (χ2v) is 13.3. The van der Waals surface area contributed by atoms with E-state index in [1.165, 1.54) is 0 Å². The number of nitrogens with zero attached hydrogens (tertiary/aromatic N) is 1. The molecule has 2 unspecified atom stereocenters. The first-order chi connectivity index (χ1) is 8.89. The van der Waals surface area contributed by atoms with E-state index in [9.17, 15) is 0 Å². The third-order valence-electron chi connectivity index (χ3n) is 3.22. The minimum Gasteiger partial charge on any atom is -0.410 e. The van der Waals surface area contributed by atoms with Crippen LogP contribution in [0.3, 0.4) is 0 Å². The number of methoxy groups -OCH3 is 1. The summed E-state index contributed by atoms with van der Waals surface area (Å²) >= 11 is 0. The van der Waals surface area contributed by atoms with E-state index in [4.69, 9.17) is 13.9 Å². The van der Waals surface area contributed by atoms with Crippen molar-refractivity contribution in [1.29, 1.82) is 0 Å². The van der Waals surface area contributed by atoms with Crippen LogP contribution in [0.5, 0.6) is 0 Å². The number of rotatable bonds is 7. The van der Waals surface area contributed by atoms with Crippen LogP contribution in [-0.2, 0) is 13.9 Å². The average molecular weight is 304 g/mol. The molecule has 1 aliphatic heterocycles. The van der Waals surface area contributed by atoms with Gasteiger partial charge in [0.15, 0.2) is 0 Å². The molecule has 0 N–H and O–H groups in total. The van der Waals surface area contributed by atoms with Gasteiger partial charge in [0.2, 0.25) is 8.32 Å². The van der Waals surface area contributed by atoms with Crippen molar-refractivity contribution < 1.29 is 13.9 Å². The smallest absolute Gasteiger partial charge is 0.201 e. The highest BCUT2D eigenvalue weighted by Crippen LogP contribution is 2.21. The molecule has 1 saturated heterocycles. The Kier molecular flexibility index (Phi) is 6.92. The highest BCUT2D eigenvalue weighted by atomic mass is 28.4. The summed E-state index contributed by atoms with van der Waals surface area (Å²) < 4.78 is 17.5. The molecular formula is C13H29NO3Si2. The summed E-state index contributed by atoms with van der Waals surface area (Å²) in [4.78, 5) is 2.48. The third kappa shape index (κ3) is 5.49. The maximum absolute atomic E-state index is 6.22. The summed E-state index contributed by atoms with van der Waals surface area (Å²) in [6, 6.07) is 0. The lowest BCUT2D eigenvalue weighted by Crippen LogP contribution is -2.62. The van der Waals surface area contributed by atoms with E-state index in [1.807, 2.05) is 7.11 Å². The maximum atomic E-state index is 6.22. The van der Waals surface area contributed by atoms with Gasteiger partial charge >= 0.3 is 0 Å². The fraction of sp³-hybridized carbons (Fsp3) is 0.846. The number of ether oxygens (including phenoxy) is 2. The van der Waals surface area contributed by atoms with Gasteiger partial charge in [-0.1, -0.05) is 19.2 Å². The van der Waals surface area contributed by atoms with Gasteiger partial charge in [0.05, 0.1) is 34.0 Å². The summed E-state index contributed by atoms with van der Waals surface area (Å²) in [6.45, 7) is 15.0. The zero-order chi connectivity index (χ0) is 14.5. The molecule has 0 aliphatic carbocycles. The molecule has 0 saturated carbocycles. The van der Waals surface area contributed by atoms with Gasteiger partial charge in [-0.2, -0.15) is 0 Å².